The third kappa shape index (κ3) is 1.86. The Hall–Kier alpha value is -1.54. The van der Waals surface area contributed by atoms with Gasteiger partial charge in [0.2, 0.25) is 0 Å². The van der Waals surface area contributed by atoms with E-state index in [4.69, 9.17) is 5.26 Å². The number of rotatable bonds is 1. The molecule has 0 bridgehead atoms. The molecule has 0 unspecified atom stereocenters. The summed E-state index contributed by atoms with van der Waals surface area (Å²) in [5, 5.41) is 8.49. The van der Waals surface area contributed by atoms with E-state index in [1.54, 1.807) is 6.07 Å². The van der Waals surface area contributed by atoms with E-state index >= 15 is 0 Å². The van der Waals surface area contributed by atoms with Crippen molar-refractivity contribution in [2.45, 2.75) is 4.90 Å². The summed E-state index contributed by atoms with van der Waals surface area (Å²) in [6.07, 6.45) is 0. The van der Waals surface area contributed by atoms with Gasteiger partial charge in [0.1, 0.15) is 11.9 Å². The largest absolute Gasteiger partial charge is 0.465 e. The van der Waals surface area contributed by atoms with Gasteiger partial charge in [0.05, 0.1) is 18.2 Å². The molecule has 1 aromatic rings. The number of carbonyl (C=O) groups excluding carboxylic acids is 1. The van der Waals surface area contributed by atoms with Crippen LogP contribution >= 0.6 is 12.6 Å². The minimum absolute atomic E-state index is 0.00679. The van der Waals surface area contributed by atoms with Crippen LogP contribution in [-0.2, 0) is 4.74 Å². The lowest BCUT2D eigenvalue weighted by Crippen LogP contribution is -2.04. The highest BCUT2D eigenvalue weighted by atomic mass is 32.1. The first-order chi connectivity index (χ1) is 6.60. The maximum atomic E-state index is 13.1. The average Bonchev–Trinajstić information content (AvgIpc) is 2.19. The van der Waals surface area contributed by atoms with Crippen LogP contribution in [-0.4, -0.2) is 13.1 Å². The number of hydrogen-bond acceptors (Lipinski definition) is 4. The van der Waals surface area contributed by atoms with E-state index in [0.29, 0.717) is 0 Å². The van der Waals surface area contributed by atoms with Crippen LogP contribution in [0, 0.1) is 17.1 Å². The predicted octanol–water partition coefficient (Wildman–Crippen LogP) is 1.77. The van der Waals surface area contributed by atoms with E-state index in [1.807, 2.05) is 0 Å². The number of benzene rings is 1. The molecule has 0 aliphatic carbocycles. The summed E-state index contributed by atoms with van der Waals surface area (Å²) in [5.41, 5.74) is -0.144. The van der Waals surface area contributed by atoms with Crippen LogP contribution in [0.2, 0.25) is 0 Å². The molecular formula is C9H6FNO2S. The van der Waals surface area contributed by atoms with Crippen LogP contribution in [0.3, 0.4) is 0 Å². The Bertz CT molecular complexity index is 426. The van der Waals surface area contributed by atoms with Crippen molar-refractivity contribution < 1.29 is 13.9 Å². The minimum Gasteiger partial charge on any atom is -0.465 e. The predicted molar refractivity (Wildman–Crippen MR) is 49.7 cm³/mol. The third-order valence-electron chi connectivity index (χ3n) is 1.61. The fourth-order valence-electron chi connectivity index (χ4n) is 0.921. The molecule has 0 heterocycles. The Morgan fingerprint density at radius 3 is 2.79 bits per heavy atom. The summed E-state index contributed by atoms with van der Waals surface area (Å²) in [6.45, 7) is 0. The van der Waals surface area contributed by atoms with E-state index in [9.17, 15) is 9.18 Å². The lowest BCUT2D eigenvalue weighted by molar-refractivity contribution is 0.0596. The van der Waals surface area contributed by atoms with E-state index in [0.717, 1.165) is 6.07 Å². The van der Waals surface area contributed by atoms with Crippen molar-refractivity contribution in [3.63, 3.8) is 0 Å². The van der Waals surface area contributed by atoms with Gasteiger partial charge in [-0.3, -0.25) is 0 Å². The maximum Gasteiger partial charge on any atom is 0.339 e. The van der Waals surface area contributed by atoms with E-state index in [-0.39, 0.29) is 16.0 Å². The molecule has 3 nitrogen and oxygen atoms in total. The van der Waals surface area contributed by atoms with Crippen LogP contribution in [0.5, 0.6) is 0 Å². The van der Waals surface area contributed by atoms with Gasteiger partial charge in [-0.2, -0.15) is 5.26 Å². The van der Waals surface area contributed by atoms with Crippen LogP contribution < -0.4 is 0 Å². The summed E-state index contributed by atoms with van der Waals surface area (Å²) in [7, 11) is 1.19. The molecule has 0 radical (unpaired) electrons. The van der Waals surface area contributed by atoms with Gasteiger partial charge in [-0.1, -0.05) is 0 Å². The number of halogens is 1. The number of nitrogens with zero attached hydrogens (tertiary/aromatic N) is 1. The lowest BCUT2D eigenvalue weighted by atomic mass is 10.1. The van der Waals surface area contributed by atoms with Gasteiger partial charge in [0, 0.05) is 4.90 Å². The summed E-state index contributed by atoms with van der Waals surface area (Å²) >= 11 is 3.94. The third-order valence-corrected chi connectivity index (χ3v) is 1.98. The number of ether oxygens (including phenoxy) is 1. The molecule has 0 aliphatic heterocycles. The van der Waals surface area contributed by atoms with Crippen molar-refractivity contribution >= 4 is 18.6 Å². The van der Waals surface area contributed by atoms with E-state index in [1.165, 1.54) is 13.2 Å². The summed E-state index contributed by atoms with van der Waals surface area (Å²) < 4.78 is 17.5. The number of carbonyl (C=O) groups is 1. The van der Waals surface area contributed by atoms with Crippen LogP contribution in [0.1, 0.15) is 15.9 Å². The molecule has 1 rings (SSSR count). The molecule has 14 heavy (non-hydrogen) atoms. The number of nitriles is 1. The summed E-state index contributed by atoms with van der Waals surface area (Å²) in [6, 6.07) is 3.77. The number of hydrogen-bond donors (Lipinski definition) is 1. The first-order valence-electron chi connectivity index (χ1n) is 3.61. The molecule has 0 saturated heterocycles. The number of esters is 1. The van der Waals surface area contributed by atoms with Gasteiger partial charge in [0.25, 0.3) is 0 Å². The van der Waals surface area contributed by atoms with Gasteiger partial charge >= 0.3 is 5.97 Å². The molecule has 0 aliphatic rings. The average molecular weight is 211 g/mol. The van der Waals surface area contributed by atoms with Gasteiger partial charge in [-0.15, -0.1) is 12.6 Å². The second kappa shape index (κ2) is 4.11. The monoisotopic (exact) mass is 211 g/mol. The molecule has 0 saturated carbocycles. The summed E-state index contributed by atoms with van der Waals surface area (Å²) in [5.74, 6) is -1.44. The second-order valence-corrected chi connectivity index (χ2v) is 2.93. The molecule has 0 fully saturated rings. The Morgan fingerprint density at radius 2 is 2.29 bits per heavy atom. The van der Waals surface area contributed by atoms with Gasteiger partial charge < -0.3 is 4.74 Å². The molecule has 0 amide bonds. The van der Waals surface area contributed by atoms with Gasteiger partial charge in [-0.25, -0.2) is 9.18 Å². The van der Waals surface area contributed by atoms with Crippen LogP contribution in [0.15, 0.2) is 17.0 Å². The Kier molecular flexibility index (Phi) is 3.10. The van der Waals surface area contributed by atoms with Crippen LogP contribution in [0.25, 0.3) is 0 Å². The fraction of sp³-hybridized carbons (Fsp3) is 0.111. The Labute approximate surface area is 85.5 Å². The zero-order valence-corrected chi connectivity index (χ0v) is 8.14. The van der Waals surface area contributed by atoms with Crippen molar-refractivity contribution in [2.75, 3.05) is 7.11 Å². The smallest absolute Gasteiger partial charge is 0.339 e. The first kappa shape index (κ1) is 10.5. The number of thiol groups is 1. The van der Waals surface area contributed by atoms with Crippen LogP contribution in [0.4, 0.5) is 4.39 Å². The van der Waals surface area contributed by atoms with E-state index < -0.39 is 11.8 Å². The second-order valence-electron chi connectivity index (χ2n) is 2.45. The molecular weight excluding hydrogens is 205 g/mol. The quantitative estimate of drug-likeness (QED) is 0.569. The molecule has 0 N–H and O–H groups in total. The van der Waals surface area contributed by atoms with E-state index in [2.05, 4.69) is 17.4 Å². The van der Waals surface area contributed by atoms with Crippen molar-refractivity contribution in [3.05, 3.63) is 29.1 Å². The maximum absolute atomic E-state index is 13.1. The fourth-order valence-corrected chi connectivity index (χ4v) is 1.21. The highest BCUT2D eigenvalue weighted by Gasteiger charge is 2.13. The zero-order valence-electron chi connectivity index (χ0n) is 7.24. The normalized spacial score (nSPS) is 9.29. The lowest BCUT2D eigenvalue weighted by Gasteiger charge is -2.03. The zero-order chi connectivity index (χ0) is 10.7. The van der Waals surface area contributed by atoms with Crippen molar-refractivity contribution in [1.82, 2.24) is 0 Å². The molecule has 5 heteroatoms. The topological polar surface area (TPSA) is 50.1 Å². The van der Waals surface area contributed by atoms with Crippen molar-refractivity contribution in [1.29, 1.82) is 5.26 Å². The SMILES string of the molecule is COC(=O)c1cc(F)c(C#N)cc1S. The molecule has 0 spiro atoms. The van der Waals surface area contributed by atoms with Gasteiger partial charge in [-0.05, 0) is 12.1 Å². The summed E-state index contributed by atoms with van der Waals surface area (Å²) in [4.78, 5) is 11.3. The molecule has 0 aromatic heterocycles. The molecule has 1 aromatic carbocycles. The van der Waals surface area contributed by atoms with Crippen molar-refractivity contribution in [2.24, 2.45) is 0 Å². The van der Waals surface area contributed by atoms with Crippen molar-refractivity contribution in [3.8, 4) is 6.07 Å². The standard InChI is InChI=1S/C9H6FNO2S/c1-13-9(12)6-3-7(10)5(4-11)2-8(6)14/h2-3,14H,1H3. The Balaban J connectivity index is 3.30. The molecule has 72 valence electrons. The minimum atomic E-state index is -0.759. The van der Waals surface area contributed by atoms with Gasteiger partial charge in [0.15, 0.2) is 0 Å². The first-order valence-corrected chi connectivity index (χ1v) is 4.05. The highest BCUT2D eigenvalue weighted by molar-refractivity contribution is 7.80. The number of methoxy groups -OCH3 is 1. The Morgan fingerprint density at radius 1 is 1.64 bits per heavy atom. The highest BCUT2D eigenvalue weighted by Crippen LogP contribution is 2.19. The molecule has 0 atom stereocenters.